The summed E-state index contributed by atoms with van der Waals surface area (Å²) in [5.74, 6) is -0.995. The molecule has 1 aromatic carbocycles. The van der Waals surface area contributed by atoms with E-state index in [-0.39, 0.29) is 0 Å². The lowest BCUT2D eigenvalue weighted by molar-refractivity contribution is 0.156. The van der Waals surface area contributed by atoms with Gasteiger partial charge in [0.05, 0.1) is 0 Å². The molecule has 17 heavy (non-hydrogen) atoms. The molecule has 0 atom stereocenters. The van der Waals surface area contributed by atoms with Gasteiger partial charge in [0.2, 0.25) is 0 Å². The maximum absolute atomic E-state index is 13.1. The minimum Gasteiger partial charge on any atom is -0.370 e. The highest BCUT2D eigenvalue weighted by Gasteiger charge is 2.43. The van der Waals surface area contributed by atoms with Crippen molar-refractivity contribution < 1.29 is 8.78 Å². The molecule has 0 unspecified atom stereocenters. The molecule has 1 aromatic rings. The lowest BCUT2D eigenvalue weighted by atomic mass is 9.74. The molecule has 0 bridgehead atoms. The number of piperidine rings is 1. The lowest BCUT2D eigenvalue weighted by Gasteiger charge is -2.53. The fourth-order valence-corrected chi connectivity index (χ4v) is 2.97. The molecule has 2 fully saturated rings. The SMILES string of the molecule is Fc1cc(F)cc(N2CC3(CCCNC3)C2)c1. The van der Waals surface area contributed by atoms with E-state index in [0.29, 0.717) is 11.1 Å². The molecule has 0 aliphatic carbocycles. The van der Waals surface area contributed by atoms with E-state index in [1.54, 1.807) is 0 Å². The quantitative estimate of drug-likeness (QED) is 0.806. The van der Waals surface area contributed by atoms with Crippen LogP contribution >= 0.6 is 0 Å². The van der Waals surface area contributed by atoms with Gasteiger partial charge in [-0.3, -0.25) is 0 Å². The summed E-state index contributed by atoms with van der Waals surface area (Å²) < 4.78 is 26.2. The number of hydrogen-bond acceptors (Lipinski definition) is 2. The van der Waals surface area contributed by atoms with E-state index in [9.17, 15) is 8.78 Å². The van der Waals surface area contributed by atoms with Gasteiger partial charge in [-0.25, -0.2) is 8.78 Å². The van der Waals surface area contributed by atoms with Crippen LogP contribution in [0, 0.1) is 17.0 Å². The van der Waals surface area contributed by atoms with Gasteiger partial charge in [0, 0.05) is 36.8 Å². The smallest absolute Gasteiger partial charge is 0.128 e. The third-order valence-corrected chi connectivity index (χ3v) is 3.83. The highest BCUT2D eigenvalue weighted by Crippen LogP contribution is 2.39. The van der Waals surface area contributed by atoms with Crippen molar-refractivity contribution in [3.63, 3.8) is 0 Å². The van der Waals surface area contributed by atoms with E-state index in [1.807, 2.05) is 0 Å². The van der Waals surface area contributed by atoms with Crippen LogP contribution in [0.3, 0.4) is 0 Å². The van der Waals surface area contributed by atoms with Gasteiger partial charge in [0.15, 0.2) is 0 Å². The fraction of sp³-hybridized carbons (Fsp3) is 0.538. The molecule has 1 N–H and O–H groups in total. The van der Waals surface area contributed by atoms with E-state index in [0.717, 1.165) is 32.2 Å². The van der Waals surface area contributed by atoms with Gasteiger partial charge in [0.1, 0.15) is 11.6 Å². The Morgan fingerprint density at radius 3 is 2.41 bits per heavy atom. The van der Waals surface area contributed by atoms with E-state index >= 15 is 0 Å². The average Bonchev–Trinajstić information content (AvgIpc) is 2.25. The zero-order valence-electron chi connectivity index (χ0n) is 9.68. The van der Waals surface area contributed by atoms with Crippen LogP contribution in [0.15, 0.2) is 18.2 Å². The maximum atomic E-state index is 13.1. The topological polar surface area (TPSA) is 15.3 Å². The molecule has 2 aliphatic heterocycles. The Kier molecular flexibility index (Phi) is 2.54. The highest BCUT2D eigenvalue weighted by molar-refractivity contribution is 5.50. The molecule has 0 amide bonds. The molecule has 2 nitrogen and oxygen atoms in total. The summed E-state index contributed by atoms with van der Waals surface area (Å²) in [6.45, 7) is 3.93. The number of anilines is 1. The first-order valence-corrected chi connectivity index (χ1v) is 6.09. The van der Waals surface area contributed by atoms with Crippen molar-refractivity contribution in [3.8, 4) is 0 Å². The summed E-state index contributed by atoms with van der Waals surface area (Å²) in [5, 5.41) is 3.40. The molecule has 1 spiro atoms. The molecule has 0 saturated carbocycles. The summed E-state index contributed by atoms with van der Waals surface area (Å²) in [4.78, 5) is 2.05. The summed E-state index contributed by atoms with van der Waals surface area (Å²) in [7, 11) is 0. The fourth-order valence-electron chi connectivity index (χ4n) is 2.97. The lowest BCUT2D eigenvalue weighted by Crippen LogP contribution is -2.62. The molecule has 4 heteroatoms. The van der Waals surface area contributed by atoms with Crippen molar-refractivity contribution in [2.75, 3.05) is 31.1 Å². The third kappa shape index (κ3) is 2.02. The van der Waals surface area contributed by atoms with Gasteiger partial charge in [-0.15, -0.1) is 0 Å². The molecule has 2 saturated heterocycles. The van der Waals surface area contributed by atoms with Crippen LogP contribution in [0.2, 0.25) is 0 Å². The van der Waals surface area contributed by atoms with E-state index < -0.39 is 11.6 Å². The first-order chi connectivity index (χ1) is 8.17. The molecule has 92 valence electrons. The van der Waals surface area contributed by atoms with E-state index in [2.05, 4.69) is 10.2 Å². The van der Waals surface area contributed by atoms with Crippen LogP contribution in [0.4, 0.5) is 14.5 Å². The monoisotopic (exact) mass is 238 g/mol. The van der Waals surface area contributed by atoms with Crippen LogP contribution in [0.5, 0.6) is 0 Å². The predicted molar refractivity (Wildman–Crippen MR) is 63.1 cm³/mol. The zero-order chi connectivity index (χ0) is 11.9. The molecular weight excluding hydrogens is 222 g/mol. The van der Waals surface area contributed by atoms with Gasteiger partial charge in [-0.2, -0.15) is 0 Å². The van der Waals surface area contributed by atoms with Gasteiger partial charge in [-0.1, -0.05) is 0 Å². The zero-order valence-corrected chi connectivity index (χ0v) is 9.68. The van der Waals surface area contributed by atoms with Crippen molar-refractivity contribution in [2.45, 2.75) is 12.8 Å². The van der Waals surface area contributed by atoms with Crippen molar-refractivity contribution in [1.82, 2.24) is 5.32 Å². The highest BCUT2D eigenvalue weighted by atomic mass is 19.1. The van der Waals surface area contributed by atoms with Crippen molar-refractivity contribution in [3.05, 3.63) is 29.8 Å². The number of hydrogen-bond donors (Lipinski definition) is 1. The van der Waals surface area contributed by atoms with Gasteiger partial charge >= 0.3 is 0 Å². The second-order valence-electron chi connectivity index (χ2n) is 5.26. The Hall–Kier alpha value is -1.16. The Bertz CT molecular complexity index is 399. The Labute approximate surface area is 99.6 Å². The molecule has 0 radical (unpaired) electrons. The minimum absolute atomic E-state index is 0.334. The number of nitrogens with zero attached hydrogens (tertiary/aromatic N) is 1. The Balaban J connectivity index is 1.71. The van der Waals surface area contributed by atoms with Crippen LogP contribution in [0.25, 0.3) is 0 Å². The van der Waals surface area contributed by atoms with Gasteiger partial charge in [0.25, 0.3) is 0 Å². The second kappa shape index (κ2) is 3.95. The summed E-state index contributed by atoms with van der Waals surface area (Å²) >= 11 is 0. The first-order valence-electron chi connectivity index (χ1n) is 6.09. The molecule has 2 heterocycles. The van der Waals surface area contributed by atoms with Crippen LogP contribution in [-0.2, 0) is 0 Å². The van der Waals surface area contributed by atoms with Gasteiger partial charge in [-0.05, 0) is 31.5 Å². The predicted octanol–water partition coefficient (Wildman–Crippen LogP) is 2.15. The molecular formula is C13H16F2N2. The number of nitrogens with one attached hydrogen (secondary N) is 1. The largest absolute Gasteiger partial charge is 0.370 e. The Morgan fingerprint density at radius 1 is 1.12 bits per heavy atom. The minimum atomic E-state index is -0.497. The Morgan fingerprint density at radius 2 is 1.82 bits per heavy atom. The summed E-state index contributed by atoms with van der Waals surface area (Å²) in [5.41, 5.74) is 1.000. The molecule has 2 aliphatic rings. The van der Waals surface area contributed by atoms with Crippen molar-refractivity contribution in [1.29, 1.82) is 0 Å². The van der Waals surface area contributed by atoms with E-state index in [1.165, 1.54) is 25.0 Å². The number of rotatable bonds is 1. The van der Waals surface area contributed by atoms with Crippen molar-refractivity contribution in [2.24, 2.45) is 5.41 Å². The molecule has 3 rings (SSSR count). The number of halogens is 2. The van der Waals surface area contributed by atoms with Crippen LogP contribution in [-0.4, -0.2) is 26.2 Å². The molecule has 0 aromatic heterocycles. The normalized spacial score (nSPS) is 22.6. The second-order valence-corrected chi connectivity index (χ2v) is 5.26. The first kappa shape index (κ1) is 11.0. The van der Waals surface area contributed by atoms with Crippen LogP contribution in [0.1, 0.15) is 12.8 Å². The summed E-state index contributed by atoms with van der Waals surface area (Å²) in [6.07, 6.45) is 2.42. The third-order valence-electron chi connectivity index (χ3n) is 3.83. The van der Waals surface area contributed by atoms with Crippen LogP contribution < -0.4 is 10.2 Å². The average molecular weight is 238 g/mol. The summed E-state index contributed by atoms with van der Waals surface area (Å²) in [6, 6.07) is 3.74. The number of benzene rings is 1. The maximum Gasteiger partial charge on any atom is 0.128 e. The van der Waals surface area contributed by atoms with Gasteiger partial charge < -0.3 is 10.2 Å². The van der Waals surface area contributed by atoms with Crippen molar-refractivity contribution >= 4 is 5.69 Å². The standard InChI is InChI=1S/C13H16F2N2/c14-10-4-11(15)6-12(5-10)17-8-13(9-17)2-1-3-16-7-13/h4-6,16H,1-3,7-9H2. The van der Waals surface area contributed by atoms with E-state index in [4.69, 9.17) is 0 Å².